The lowest BCUT2D eigenvalue weighted by molar-refractivity contribution is -0.137. The maximum absolute atomic E-state index is 11.3. The van der Waals surface area contributed by atoms with Crippen LogP contribution in [0.3, 0.4) is 0 Å². The lowest BCUT2D eigenvalue weighted by Gasteiger charge is -1.98. The number of carbonyl (C=O) groups excluding carboxylic acids is 1. The molecule has 0 aromatic carbocycles. The van der Waals surface area contributed by atoms with E-state index in [1.165, 1.54) is 6.08 Å². The van der Waals surface area contributed by atoms with E-state index in [0.717, 1.165) is 17.0 Å². The van der Waals surface area contributed by atoms with Gasteiger partial charge in [-0.1, -0.05) is 17.4 Å². The number of thiazole rings is 1. The highest BCUT2D eigenvalue weighted by molar-refractivity contribution is 7.07. The minimum Gasteiger partial charge on any atom is -0.463 e. The summed E-state index contributed by atoms with van der Waals surface area (Å²) in [6.45, 7) is 4.38. The Morgan fingerprint density at radius 3 is 2.93 bits per heavy atom. The zero-order chi connectivity index (χ0) is 11.3. The number of carbonyl (C=O) groups is 1. The first-order valence-electron chi connectivity index (χ1n) is 4.63. The molecule has 0 N–H and O–H groups in total. The summed E-state index contributed by atoms with van der Waals surface area (Å²) in [5.74, 6) is -0.376. The normalized spacial score (nSPS) is 10.8. The highest BCUT2D eigenvalue weighted by Gasteiger charge is 2.00. The third kappa shape index (κ3) is 3.36. The van der Waals surface area contributed by atoms with E-state index >= 15 is 0 Å². The fraction of sp³-hybridized carbons (Fsp3) is 0.400. The second kappa shape index (κ2) is 5.50. The van der Waals surface area contributed by atoms with Crippen molar-refractivity contribution in [1.29, 1.82) is 0 Å². The highest BCUT2D eigenvalue weighted by atomic mass is 32.1. The van der Waals surface area contributed by atoms with Crippen LogP contribution in [0.15, 0.2) is 22.3 Å². The molecule has 0 fully saturated rings. The van der Waals surface area contributed by atoms with Gasteiger partial charge in [-0.3, -0.25) is 9.36 Å². The monoisotopic (exact) mass is 227 g/mol. The number of nitrogens with zero attached hydrogens (tertiary/aromatic N) is 1. The van der Waals surface area contributed by atoms with Gasteiger partial charge in [-0.2, -0.15) is 0 Å². The number of ether oxygens (including phenoxy) is 1. The van der Waals surface area contributed by atoms with E-state index in [2.05, 4.69) is 0 Å². The molecule has 0 unspecified atom stereocenters. The van der Waals surface area contributed by atoms with Crippen molar-refractivity contribution in [3.8, 4) is 0 Å². The topological polar surface area (TPSA) is 48.3 Å². The van der Waals surface area contributed by atoms with Crippen LogP contribution in [0.25, 0.3) is 0 Å². The standard InChI is InChI=1S/C10H13NO3S/c1-3-14-9(12)5-4-6-11-8(2)7-15-10(11)13/h4-5,7H,3,6H2,1-2H3/b5-4+. The molecule has 0 spiro atoms. The zero-order valence-electron chi connectivity index (χ0n) is 8.73. The van der Waals surface area contributed by atoms with Gasteiger partial charge >= 0.3 is 10.8 Å². The largest absolute Gasteiger partial charge is 0.463 e. The summed E-state index contributed by atoms with van der Waals surface area (Å²) in [5, 5.41) is 1.79. The molecular weight excluding hydrogens is 214 g/mol. The van der Waals surface area contributed by atoms with Gasteiger partial charge in [0.1, 0.15) is 0 Å². The Bertz CT molecular complexity index is 417. The average Bonchev–Trinajstić information content (AvgIpc) is 2.49. The molecule has 1 rings (SSSR count). The van der Waals surface area contributed by atoms with Crippen molar-refractivity contribution in [2.45, 2.75) is 20.4 Å². The molecule has 0 saturated heterocycles. The van der Waals surface area contributed by atoms with Crippen LogP contribution in [0.4, 0.5) is 0 Å². The number of aromatic nitrogens is 1. The van der Waals surface area contributed by atoms with Crippen LogP contribution in [0.2, 0.25) is 0 Å². The van der Waals surface area contributed by atoms with Gasteiger partial charge in [0.05, 0.1) is 6.61 Å². The summed E-state index contributed by atoms with van der Waals surface area (Å²) in [4.78, 5) is 22.2. The molecular formula is C10H13NO3S. The molecule has 0 aliphatic rings. The molecule has 15 heavy (non-hydrogen) atoms. The number of esters is 1. The first kappa shape index (κ1) is 11.7. The van der Waals surface area contributed by atoms with E-state index in [1.54, 1.807) is 22.9 Å². The molecule has 0 saturated carbocycles. The van der Waals surface area contributed by atoms with Crippen LogP contribution >= 0.6 is 11.3 Å². The molecule has 4 nitrogen and oxygen atoms in total. The van der Waals surface area contributed by atoms with E-state index in [4.69, 9.17) is 4.74 Å². The van der Waals surface area contributed by atoms with Crippen LogP contribution in [0, 0.1) is 6.92 Å². The Balaban J connectivity index is 2.57. The molecule has 82 valence electrons. The highest BCUT2D eigenvalue weighted by Crippen LogP contribution is 1.99. The smallest absolute Gasteiger partial charge is 0.330 e. The van der Waals surface area contributed by atoms with Crippen molar-refractivity contribution in [2.24, 2.45) is 0 Å². The maximum atomic E-state index is 11.3. The molecule has 0 aliphatic carbocycles. The second-order valence-corrected chi connectivity index (χ2v) is 3.73. The Hall–Kier alpha value is -1.36. The van der Waals surface area contributed by atoms with Gasteiger partial charge in [0.25, 0.3) is 0 Å². The molecule has 5 heteroatoms. The molecule has 1 aromatic rings. The van der Waals surface area contributed by atoms with Crippen molar-refractivity contribution in [1.82, 2.24) is 4.57 Å². The van der Waals surface area contributed by atoms with Crippen LogP contribution in [0.1, 0.15) is 12.6 Å². The van der Waals surface area contributed by atoms with Crippen molar-refractivity contribution in [3.63, 3.8) is 0 Å². The van der Waals surface area contributed by atoms with Gasteiger partial charge in [0.2, 0.25) is 0 Å². The van der Waals surface area contributed by atoms with Crippen molar-refractivity contribution < 1.29 is 9.53 Å². The first-order chi connectivity index (χ1) is 7.15. The van der Waals surface area contributed by atoms with E-state index in [9.17, 15) is 9.59 Å². The third-order valence-electron chi connectivity index (χ3n) is 1.80. The molecule has 0 aliphatic heterocycles. The zero-order valence-corrected chi connectivity index (χ0v) is 9.54. The Kier molecular flexibility index (Phi) is 4.30. The molecule has 0 radical (unpaired) electrons. The van der Waals surface area contributed by atoms with Gasteiger partial charge < -0.3 is 4.74 Å². The number of allylic oxidation sites excluding steroid dienone is 1. The van der Waals surface area contributed by atoms with Gasteiger partial charge in [-0.25, -0.2) is 4.79 Å². The van der Waals surface area contributed by atoms with Gasteiger partial charge in [-0.15, -0.1) is 0 Å². The molecule has 1 heterocycles. The van der Waals surface area contributed by atoms with Crippen LogP contribution in [0.5, 0.6) is 0 Å². The predicted molar refractivity (Wildman–Crippen MR) is 59.1 cm³/mol. The molecule has 0 atom stereocenters. The average molecular weight is 227 g/mol. The van der Waals surface area contributed by atoms with Crippen LogP contribution in [-0.2, 0) is 16.1 Å². The lowest BCUT2D eigenvalue weighted by atomic mass is 10.4. The Morgan fingerprint density at radius 1 is 1.67 bits per heavy atom. The summed E-state index contributed by atoms with van der Waals surface area (Å²) < 4.78 is 6.31. The van der Waals surface area contributed by atoms with E-state index in [1.807, 2.05) is 6.92 Å². The number of hydrogen-bond acceptors (Lipinski definition) is 4. The summed E-state index contributed by atoms with van der Waals surface area (Å²) >= 11 is 1.16. The lowest BCUT2D eigenvalue weighted by Crippen LogP contribution is -2.13. The first-order valence-corrected chi connectivity index (χ1v) is 5.51. The summed E-state index contributed by atoms with van der Waals surface area (Å²) in [6, 6.07) is 0. The van der Waals surface area contributed by atoms with Gasteiger partial charge in [0, 0.05) is 23.7 Å². The van der Waals surface area contributed by atoms with Crippen LogP contribution in [-0.4, -0.2) is 17.1 Å². The molecule has 1 aromatic heterocycles. The van der Waals surface area contributed by atoms with Crippen molar-refractivity contribution >= 4 is 17.3 Å². The minimum atomic E-state index is -0.376. The van der Waals surface area contributed by atoms with Crippen molar-refractivity contribution in [2.75, 3.05) is 6.61 Å². The minimum absolute atomic E-state index is 0.0130. The van der Waals surface area contributed by atoms with Gasteiger partial charge in [0.15, 0.2) is 0 Å². The van der Waals surface area contributed by atoms with E-state index in [-0.39, 0.29) is 10.8 Å². The predicted octanol–water partition coefficient (Wildman–Crippen LogP) is 1.34. The second-order valence-electron chi connectivity index (χ2n) is 2.91. The van der Waals surface area contributed by atoms with Crippen molar-refractivity contribution in [3.05, 3.63) is 32.9 Å². The number of aryl methyl sites for hydroxylation is 1. The SMILES string of the molecule is CCOC(=O)/C=C/Cn1c(C)csc1=O. The fourth-order valence-electron chi connectivity index (χ4n) is 1.07. The Morgan fingerprint density at radius 2 is 2.40 bits per heavy atom. The quantitative estimate of drug-likeness (QED) is 0.576. The summed E-state index contributed by atoms with van der Waals surface area (Å²) in [5.41, 5.74) is 0.901. The number of hydrogen-bond donors (Lipinski definition) is 0. The van der Waals surface area contributed by atoms with Gasteiger partial charge in [-0.05, 0) is 13.8 Å². The van der Waals surface area contributed by atoms with E-state index in [0.29, 0.717) is 13.2 Å². The number of rotatable bonds is 4. The fourth-order valence-corrected chi connectivity index (χ4v) is 1.81. The Labute approximate surface area is 91.8 Å². The third-order valence-corrected chi connectivity index (χ3v) is 2.69. The summed E-state index contributed by atoms with van der Waals surface area (Å²) in [7, 11) is 0. The maximum Gasteiger partial charge on any atom is 0.330 e. The molecule has 0 amide bonds. The molecule has 0 bridgehead atoms. The van der Waals surface area contributed by atoms with Crippen LogP contribution < -0.4 is 4.87 Å². The van der Waals surface area contributed by atoms with E-state index < -0.39 is 0 Å². The summed E-state index contributed by atoms with van der Waals surface area (Å²) in [6.07, 6.45) is 2.96.